The highest BCUT2D eigenvalue weighted by molar-refractivity contribution is 6.35. The number of rotatable bonds is 3. The maximum absolute atomic E-state index is 13.7. The summed E-state index contributed by atoms with van der Waals surface area (Å²) in [7, 11) is 0. The lowest BCUT2D eigenvalue weighted by Gasteiger charge is -2.10. The van der Waals surface area contributed by atoms with Gasteiger partial charge in [0, 0.05) is 22.5 Å². The molecule has 120 valence electrons. The zero-order chi connectivity index (χ0) is 16.6. The van der Waals surface area contributed by atoms with E-state index in [0.717, 1.165) is 0 Å². The van der Waals surface area contributed by atoms with E-state index < -0.39 is 17.7 Å². The van der Waals surface area contributed by atoms with Gasteiger partial charge in [-0.2, -0.15) is 0 Å². The van der Waals surface area contributed by atoms with Crippen LogP contribution in [0.3, 0.4) is 0 Å². The lowest BCUT2D eigenvalue weighted by Crippen LogP contribution is -2.31. The number of urea groups is 1. The van der Waals surface area contributed by atoms with Crippen molar-refractivity contribution in [2.75, 3.05) is 5.32 Å². The van der Waals surface area contributed by atoms with Crippen LogP contribution in [-0.2, 0) is 0 Å². The fraction of sp³-hybridized carbons (Fsp3) is 0.188. The Balaban J connectivity index is 1.63. The van der Waals surface area contributed by atoms with Crippen molar-refractivity contribution in [1.29, 1.82) is 0 Å². The normalized spacial score (nSPS) is 19.3. The molecular weight excluding hydrogens is 345 g/mol. The second kappa shape index (κ2) is 6.34. The van der Waals surface area contributed by atoms with E-state index in [0.29, 0.717) is 22.2 Å². The van der Waals surface area contributed by atoms with Crippen LogP contribution in [0.5, 0.6) is 0 Å². The third-order valence-corrected chi connectivity index (χ3v) is 4.22. The van der Waals surface area contributed by atoms with Crippen LogP contribution in [0.25, 0.3) is 0 Å². The fourth-order valence-corrected chi connectivity index (χ4v) is 2.80. The molecule has 0 spiro atoms. The van der Waals surface area contributed by atoms with Crippen molar-refractivity contribution < 1.29 is 13.6 Å². The SMILES string of the molecule is O=C(Nc1cc(Cl)ccc1Cl)N[C@@H]1C[C@H]1c1c(F)cccc1F. The molecule has 3 nitrogen and oxygen atoms in total. The van der Waals surface area contributed by atoms with Gasteiger partial charge in [0.2, 0.25) is 0 Å². The summed E-state index contributed by atoms with van der Waals surface area (Å²) in [6.07, 6.45) is 0.481. The Morgan fingerprint density at radius 1 is 1.13 bits per heavy atom. The van der Waals surface area contributed by atoms with Gasteiger partial charge in [0.05, 0.1) is 10.7 Å². The van der Waals surface area contributed by atoms with E-state index in [-0.39, 0.29) is 17.5 Å². The van der Waals surface area contributed by atoms with Crippen LogP contribution in [0.1, 0.15) is 17.9 Å². The van der Waals surface area contributed by atoms with Crippen LogP contribution in [0.2, 0.25) is 10.0 Å². The average molecular weight is 357 g/mol. The second-order valence-electron chi connectivity index (χ2n) is 5.31. The molecule has 2 atom stereocenters. The maximum Gasteiger partial charge on any atom is 0.319 e. The number of carbonyl (C=O) groups is 1. The first-order valence-corrected chi connectivity index (χ1v) is 7.68. The van der Waals surface area contributed by atoms with Gasteiger partial charge in [-0.05, 0) is 36.8 Å². The van der Waals surface area contributed by atoms with E-state index in [4.69, 9.17) is 23.2 Å². The summed E-state index contributed by atoms with van der Waals surface area (Å²) in [6.45, 7) is 0. The molecule has 0 saturated heterocycles. The molecule has 1 aliphatic carbocycles. The summed E-state index contributed by atoms with van der Waals surface area (Å²) < 4.78 is 27.4. The molecule has 2 N–H and O–H groups in total. The quantitative estimate of drug-likeness (QED) is 0.802. The van der Waals surface area contributed by atoms with Gasteiger partial charge in [0.15, 0.2) is 0 Å². The smallest absolute Gasteiger partial charge is 0.319 e. The van der Waals surface area contributed by atoms with E-state index in [2.05, 4.69) is 10.6 Å². The van der Waals surface area contributed by atoms with E-state index in [9.17, 15) is 13.6 Å². The average Bonchev–Trinajstić information content (AvgIpc) is 3.21. The van der Waals surface area contributed by atoms with Crippen LogP contribution in [-0.4, -0.2) is 12.1 Å². The molecule has 1 aliphatic rings. The Labute approximate surface area is 141 Å². The van der Waals surface area contributed by atoms with Crippen molar-refractivity contribution >= 4 is 34.9 Å². The maximum atomic E-state index is 13.7. The highest BCUT2D eigenvalue weighted by atomic mass is 35.5. The molecule has 0 aliphatic heterocycles. The lowest BCUT2D eigenvalue weighted by molar-refractivity contribution is 0.251. The number of benzene rings is 2. The predicted molar refractivity (Wildman–Crippen MR) is 86.1 cm³/mol. The van der Waals surface area contributed by atoms with Crippen LogP contribution < -0.4 is 10.6 Å². The van der Waals surface area contributed by atoms with Crippen LogP contribution in [0.15, 0.2) is 36.4 Å². The summed E-state index contributed by atoms with van der Waals surface area (Å²) in [5, 5.41) is 6.01. The Hall–Kier alpha value is -1.85. The summed E-state index contributed by atoms with van der Waals surface area (Å²) >= 11 is 11.8. The van der Waals surface area contributed by atoms with Crippen molar-refractivity contribution in [3.05, 3.63) is 63.6 Å². The van der Waals surface area contributed by atoms with Crippen molar-refractivity contribution in [1.82, 2.24) is 5.32 Å². The standard InChI is InChI=1S/C16H12Cl2F2N2O/c17-8-4-5-10(18)14(6-8)22-16(23)21-13-7-9(13)15-11(19)2-1-3-12(15)20/h1-6,9,13H,7H2,(H2,21,22,23)/t9-,13-/m1/s1. The topological polar surface area (TPSA) is 41.1 Å². The minimum Gasteiger partial charge on any atom is -0.334 e. The highest BCUT2D eigenvalue weighted by Gasteiger charge is 2.42. The molecule has 1 saturated carbocycles. The molecule has 0 radical (unpaired) electrons. The minimum absolute atomic E-state index is 0.0126. The molecule has 23 heavy (non-hydrogen) atoms. The Morgan fingerprint density at radius 2 is 1.83 bits per heavy atom. The molecular formula is C16H12Cl2F2N2O. The Morgan fingerprint density at radius 3 is 2.52 bits per heavy atom. The first-order valence-electron chi connectivity index (χ1n) is 6.92. The van der Waals surface area contributed by atoms with Gasteiger partial charge in [-0.3, -0.25) is 0 Å². The lowest BCUT2D eigenvalue weighted by atomic mass is 10.1. The molecule has 0 aromatic heterocycles. The van der Waals surface area contributed by atoms with Gasteiger partial charge in [0.1, 0.15) is 11.6 Å². The summed E-state index contributed by atoms with van der Waals surface area (Å²) in [5.74, 6) is -1.56. The molecule has 0 bridgehead atoms. The van der Waals surface area contributed by atoms with Gasteiger partial charge >= 0.3 is 6.03 Å². The van der Waals surface area contributed by atoms with Gasteiger partial charge in [-0.1, -0.05) is 29.3 Å². The summed E-state index contributed by atoms with van der Waals surface area (Å²) in [5.41, 5.74) is 0.379. The van der Waals surface area contributed by atoms with E-state index in [1.807, 2.05) is 0 Å². The highest BCUT2D eigenvalue weighted by Crippen LogP contribution is 2.43. The fourth-order valence-electron chi connectivity index (χ4n) is 2.46. The Bertz CT molecular complexity index is 749. The number of carbonyl (C=O) groups excluding carboxylic acids is 1. The number of hydrogen-bond acceptors (Lipinski definition) is 1. The molecule has 7 heteroatoms. The molecule has 3 rings (SSSR count). The van der Waals surface area contributed by atoms with Crippen molar-refractivity contribution in [3.8, 4) is 0 Å². The zero-order valence-electron chi connectivity index (χ0n) is 11.7. The third kappa shape index (κ3) is 3.57. The first-order chi connectivity index (χ1) is 11.0. The number of halogens is 4. The van der Waals surface area contributed by atoms with Crippen LogP contribution in [0.4, 0.5) is 19.3 Å². The van der Waals surface area contributed by atoms with Gasteiger partial charge < -0.3 is 10.6 Å². The number of amides is 2. The van der Waals surface area contributed by atoms with Crippen LogP contribution >= 0.6 is 23.2 Å². The van der Waals surface area contributed by atoms with Gasteiger partial charge in [-0.25, -0.2) is 13.6 Å². The minimum atomic E-state index is -0.599. The molecule has 0 heterocycles. The molecule has 2 aromatic carbocycles. The van der Waals surface area contributed by atoms with Gasteiger partial charge in [0.25, 0.3) is 0 Å². The third-order valence-electron chi connectivity index (χ3n) is 3.65. The number of hydrogen-bond donors (Lipinski definition) is 2. The molecule has 1 fully saturated rings. The van der Waals surface area contributed by atoms with Crippen molar-refractivity contribution in [3.63, 3.8) is 0 Å². The van der Waals surface area contributed by atoms with Gasteiger partial charge in [-0.15, -0.1) is 0 Å². The van der Waals surface area contributed by atoms with Crippen molar-refractivity contribution in [2.24, 2.45) is 0 Å². The van der Waals surface area contributed by atoms with Crippen LogP contribution in [0, 0.1) is 11.6 Å². The van der Waals surface area contributed by atoms with E-state index >= 15 is 0 Å². The largest absolute Gasteiger partial charge is 0.334 e. The summed E-state index contributed by atoms with van der Waals surface area (Å²) in [4.78, 5) is 12.0. The first kappa shape index (κ1) is 16.0. The van der Waals surface area contributed by atoms with Crippen molar-refractivity contribution in [2.45, 2.75) is 18.4 Å². The Kier molecular flexibility index (Phi) is 4.41. The van der Waals surface area contributed by atoms with E-state index in [1.54, 1.807) is 12.1 Å². The monoisotopic (exact) mass is 356 g/mol. The molecule has 0 unspecified atom stereocenters. The summed E-state index contributed by atoms with van der Waals surface area (Å²) in [6, 6.07) is 7.59. The zero-order valence-corrected chi connectivity index (χ0v) is 13.3. The van der Waals surface area contributed by atoms with E-state index in [1.165, 1.54) is 24.3 Å². The number of anilines is 1. The second-order valence-corrected chi connectivity index (χ2v) is 6.15. The molecule has 2 aromatic rings. The predicted octanol–water partition coefficient (Wildman–Crippen LogP) is 4.95. The molecule has 2 amide bonds. The number of nitrogens with one attached hydrogen (secondary N) is 2.